The van der Waals surface area contributed by atoms with E-state index in [9.17, 15) is 0 Å². The van der Waals surface area contributed by atoms with Gasteiger partial charge in [-0.2, -0.15) is 0 Å². The zero-order chi connectivity index (χ0) is 14.5. The quantitative estimate of drug-likeness (QED) is 0.780. The zero-order valence-corrected chi connectivity index (χ0v) is 14.1. The smallest absolute Gasteiger partial charge is 0.0234 e. The lowest BCUT2D eigenvalue weighted by atomic mass is 9.94. The monoisotopic (exact) mass is 304 g/mol. The second-order valence-electron chi connectivity index (χ2n) is 6.45. The number of nitrogens with zero attached hydrogens (tertiary/aromatic N) is 2. The van der Waals surface area contributed by atoms with Gasteiger partial charge in [-0.15, -0.1) is 11.8 Å². The van der Waals surface area contributed by atoms with Crippen LogP contribution in [0.25, 0.3) is 0 Å². The molecule has 2 aliphatic rings. The average molecular weight is 305 g/mol. The van der Waals surface area contributed by atoms with Crippen LogP contribution in [0.3, 0.4) is 0 Å². The Balaban J connectivity index is 1.46. The molecule has 21 heavy (non-hydrogen) atoms. The van der Waals surface area contributed by atoms with Gasteiger partial charge in [0.1, 0.15) is 0 Å². The molecule has 1 aliphatic carbocycles. The molecule has 1 aliphatic heterocycles. The lowest BCUT2D eigenvalue weighted by Gasteiger charge is -2.40. The van der Waals surface area contributed by atoms with E-state index in [4.69, 9.17) is 0 Å². The fourth-order valence-electron chi connectivity index (χ4n) is 3.72. The molecule has 0 N–H and O–H groups in total. The van der Waals surface area contributed by atoms with Crippen LogP contribution in [0.1, 0.15) is 37.7 Å². The second-order valence-corrected chi connectivity index (χ2v) is 7.33. The van der Waals surface area contributed by atoms with Crippen LogP contribution in [-0.4, -0.2) is 48.3 Å². The number of thioether (sulfide) groups is 1. The minimum absolute atomic E-state index is 0.891. The van der Waals surface area contributed by atoms with E-state index >= 15 is 0 Å². The van der Waals surface area contributed by atoms with Crippen LogP contribution in [0.15, 0.2) is 29.2 Å². The summed E-state index contributed by atoms with van der Waals surface area (Å²) in [7, 11) is 0. The van der Waals surface area contributed by atoms with Gasteiger partial charge in [-0.3, -0.25) is 9.80 Å². The lowest BCUT2D eigenvalue weighted by Crippen LogP contribution is -2.50. The van der Waals surface area contributed by atoms with Crippen molar-refractivity contribution >= 4 is 11.8 Å². The van der Waals surface area contributed by atoms with E-state index < -0.39 is 0 Å². The molecule has 3 rings (SSSR count). The largest absolute Gasteiger partial charge is 0.298 e. The second kappa shape index (κ2) is 7.66. The molecule has 0 spiro atoms. The minimum atomic E-state index is 0.891. The maximum atomic E-state index is 2.76. The van der Waals surface area contributed by atoms with Crippen LogP contribution in [0.4, 0.5) is 0 Å². The molecule has 1 saturated heterocycles. The minimum Gasteiger partial charge on any atom is -0.298 e. The molecule has 2 nitrogen and oxygen atoms in total. The highest BCUT2D eigenvalue weighted by Gasteiger charge is 2.24. The van der Waals surface area contributed by atoms with Gasteiger partial charge >= 0.3 is 0 Å². The molecule has 2 fully saturated rings. The maximum absolute atomic E-state index is 2.76. The fraction of sp³-hybridized carbons (Fsp3) is 0.667. The summed E-state index contributed by atoms with van der Waals surface area (Å²) >= 11 is 1.82. The molecule has 116 valence electrons. The van der Waals surface area contributed by atoms with Crippen molar-refractivity contribution in [3.05, 3.63) is 29.8 Å². The summed E-state index contributed by atoms with van der Waals surface area (Å²) in [6.07, 6.45) is 9.38. The first-order chi connectivity index (χ1) is 10.3. The highest BCUT2D eigenvalue weighted by molar-refractivity contribution is 7.98. The standard InChI is InChI=1S/C18H28N2S/c1-21-18-9-7-16(8-10-18)15-19-11-13-20(14-12-19)17-5-3-2-4-6-17/h7-10,17H,2-6,11-15H2,1H3. The SMILES string of the molecule is CSc1ccc(CN2CCN(C3CCCCC3)CC2)cc1. The van der Waals surface area contributed by atoms with Gasteiger partial charge in [0.25, 0.3) is 0 Å². The third kappa shape index (κ3) is 4.24. The van der Waals surface area contributed by atoms with Crippen molar-refractivity contribution < 1.29 is 0 Å². The molecule has 1 aromatic rings. The lowest BCUT2D eigenvalue weighted by molar-refractivity contribution is 0.0755. The molecular formula is C18H28N2S. The summed E-state index contributed by atoms with van der Waals surface area (Å²) in [6, 6.07) is 9.97. The number of hydrogen-bond donors (Lipinski definition) is 0. The van der Waals surface area contributed by atoms with Crippen LogP contribution in [0.2, 0.25) is 0 Å². The van der Waals surface area contributed by atoms with Gasteiger partial charge in [-0.1, -0.05) is 31.4 Å². The Morgan fingerprint density at radius 1 is 0.952 bits per heavy atom. The Labute approximate surface area is 133 Å². The van der Waals surface area contributed by atoms with Crippen LogP contribution >= 0.6 is 11.8 Å². The normalized spacial score (nSPS) is 22.5. The molecule has 0 atom stereocenters. The van der Waals surface area contributed by atoms with Crippen LogP contribution in [-0.2, 0) is 6.54 Å². The molecule has 1 heterocycles. The van der Waals surface area contributed by atoms with E-state index in [2.05, 4.69) is 40.3 Å². The number of benzene rings is 1. The van der Waals surface area contributed by atoms with E-state index in [1.54, 1.807) is 0 Å². The van der Waals surface area contributed by atoms with Crippen molar-refractivity contribution in [2.24, 2.45) is 0 Å². The Morgan fingerprint density at radius 3 is 2.24 bits per heavy atom. The molecule has 1 aromatic carbocycles. The van der Waals surface area contributed by atoms with Crippen molar-refractivity contribution in [3.8, 4) is 0 Å². The third-order valence-corrected chi connectivity index (χ3v) is 5.81. The molecule has 0 aromatic heterocycles. The highest BCUT2D eigenvalue weighted by Crippen LogP contribution is 2.24. The van der Waals surface area contributed by atoms with E-state index in [1.807, 2.05) is 11.8 Å². The van der Waals surface area contributed by atoms with Crippen molar-refractivity contribution in [2.75, 3.05) is 32.4 Å². The van der Waals surface area contributed by atoms with Crippen molar-refractivity contribution in [3.63, 3.8) is 0 Å². The Kier molecular flexibility index (Phi) is 5.61. The van der Waals surface area contributed by atoms with Crippen molar-refractivity contribution in [1.82, 2.24) is 9.80 Å². The predicted octanol–water partition coefficient (Wildman–Crippen LogP) is 3.86. The molecule has 0 bridgehead atoms. The topological polar surface area (TPSA) is 6.48 Å². The van der Waals surface area contributed by atoms with E-state index in [-0.39, 0.29) is 0 Å². The number of rotatable bonds is 4. The van der Waals surface area contributed by atoms with Gasteiger partial charge in [0.15, 0.2) is 0 Å². The molecule has 0 amide bonds. The third-order valence-electron chi connectivity index (χ3n) is 5.06. The number of piperazine rings is 1. The van der Waals surface area contributed by atoms with Gasteiger partial charge in [-0.25, -0.2) is 0 Å². The number of hydrogen-bond acceptors (Lipinski definition) is 3. The molecule has 0 unspecified atom stereocenters. The highest BCUT2D eigenvalue weighted by atomic mass is 32.2. The first kappa shape index (κ1) is 15.4. The van der Waals surface area contributed by atoms with Gasteiger partial charge in [0.05, 0.1) is 0 Å². The summed E-state index contributed by atoms with van der Waals surface area (Å²) in [6.45, 7) is 6.13. The Bertz CT molecular complexity index is 417. The van der Waals surface area contributed by atoms with Crippen LogP contribution in [0.5, 0.6) is 0 Å². The summed E-state index contributed by atoms with van der Waals surface area (Å²) in [5, 5.41) is 0. The first-order valence-electron chi connectivity index (χ1n) is 8.44. The van der Waals surface area contributed by atoms with E-state index in [0.29, 0.717) is 0 Å². The summed E-state index contributed by atoms with van der Waals surface area (Å²) < 4.78 is 0. The Morgan fingerprint density at radius 2 is 1.62 bits per heavy atom. The van der Waals surface area contributed by atoms with Gasteiger partial charge in [0, 0.05) is 43.7 Å². The van der Waals surface area contributed by atoms with Crippen LogP contribution < -0.4 is 0 Å². The molecule has 0 radical (unpaired) electrons. The molecule has 1 saturated carbocycles. The molecule has 3 heteroatoms. The molecular weight excluding hydrogens is 276 g/mol. The van der Waals surface area contributed by atoms with E-state index in [1.165, 1.54) is 68.7 Å². The Hall–Kier alpha value is -0.510. The van der Waals surface area contributed by atoms with Gasteiger partial charge < -0.3 is 0 Å². The average Bonchev–Trinajstić information content (AvgIpc) is 2.57. The summed E-state index contributed by atoms with van der Waals surface area (Å²) in [4.78, 5) is 6.74. The summed E-state index contributed by atoms with van der Waals surface area (Å²) in [5.74, 6) is 0. The first-order valence-corrected chi connectivity index (χ1v) is 9.67. The van der Waals surface area contributed by atoms with Gasteiger partial charge in [0.2, 0.25) is 0 Å². The van der Waals surface area contributed by atoms with E-state index in [0.717, 1.165) is 12.6 Å². The van der Waals surface area contributed by atoms with Crippen molar-refractivity contribution in [2.45, 2.75) is 49.6 Å². The zero-order valence-electron chi connectivity index (χ0n) is 13.3. The summed E-state index contributed by atoms with van der Waals surface area (Å²) in [5.41, 5.74) is 1.46. The van der Waals surface area contributed by atoms with Crippen LogP contribution in [0, 0.1) is 0 Å². The fourth-order valence-corrected chi connectivity index (χ4v) is 4.13. The van der Waals surface area contributed by atoms with Gasteiger partial charge in [-0.05, 0) is 36.8 Å². The maximum Gasteiger partial charge on any atom is 0.0234 e. The van der Waals surface area contributed by atoms with Crippen molar-refractivity contribution in [1.29, 1.82) is 0 Å². The predicted molar refractivity (Wildman–Crippen MR) is 91.9 cm³/mol.